The molecular weight excluding hydrogens is 395 g/mol. The van der Waals surface area contributed by atoms with Crippen LogP contribution >= 0.6 is 0 Å². The minimum Gasteiger partial charge on any atom is -0.494 e. The van der Waals surface area contributed by atoms with Crippen molar-refractivity contribution < 1.29 is 13.9 Å². The fourth-order valence-corrected chi connectivity index (χ4v) is 5.03. The van der Waals surface area contributed by atoms with Crippen LogP contribution in [0.15, 0.2) is 87.5 Å². The van der Waals surface area contributed by atoms with Crippen LogP contribution in [0.1, 0.15) is 39.5 Å². The van der Waals surface area contributed by atoms with Crippen LogP contribution in [-0.2, 0) is 10.9 Å². The standard InChI is InChI=1S/C26H30FO2S/c1-3-5-19-28-22-9-15-25(16-10-22)30(24-13-7-21(27)8-14-24)26-17-11-23(12-18-26)29-20-6-4-2/h7-18H,3-6,19-20H2,1-2H3/q+1. The highest BCUT2D eigenvalue weighted by Gasteiger charge is 2.28. The van der Waals surface area contributed by atoms with Crippen LogP contribution in [0, 0.1) is 5.82 Å². The number of unbranched alkanes of at least 4 members (excludes halogenated alkanes) is 2. The molecule has 0 aromatic heterocycles. The van der Waals surface area contributed by atoms with Crippen LogP contribution < -0.4 is 9.47 Å². The zero-order chi connectivity index (χ0) is 21.2. The minimum atomic E-state index is -0.332. The van der Waals surface area contributed by atoms with Crippen LogP contribution in [0.25, 0.3) is 0 Å². The van der Waals surface area contributed by atoms with Crippen molar-refractivity contribution in [1.29, 1.82) is 0 Å². The Labute approximate surface area is 182 Å². The summed E-state index contributed by atoms with van der Waals surface area (Å²) in [4.78, 5) is 3.42. The number of ether oxygens (including phenoxy) is 2. The molecule has 0 N–H and O–H groups in total. The van der Waals surface area contributed by atoms with Crippen molar-refractivity contribution in [3.8, 4) is 11.5 Å². The maximum Gasteiger partial charge on any atom is 0.166 e. The predicted molar refractivity (Wildman–Crippen MR) is 122 cm³/mol. The van der Waals surface area contributed by atoms with Gasteiger partial charge in [0.2, 0.25) is 0 Å². The van der Waals surface area contributed by atoms with Gasteiger partial charge in [-0.15, -0.1) is 0 Å². The van der Waals surface area contributed by atoms with Crippen molar-refractivity contribution in [3.63, 3.8) is 0 Å². The van der Waals surface area contributed by atoms with Crippen molar-refractivity contribution in [3.05, 3.63) is 78.6 Å². The molecule has 0 aliphatic carbocycles. The van der Waals surface area contributed by atoms with Gasteiger partial charge in [0.05, 0.1) is 24.1 Å². The first-order valence-electron chi connectivity index (χ1n) is 10.7. The lowest BCUT2D eigenvalue weighted by Gasteiger charge is -2.11. The molecule has 0 saturated carbocycles. The number of benzene rings is 3. The minimum absolute atomic E-state index is 0.221. The lowest BCUT2D eigenvalue weighted by atomic mass is 10.3. The van der Waals surface area contributed by atoms with Gasteiger partial charge in [-0.2, -0.15) is 0 Å². The van der Waals surface area contributed by atoms with E-state index in [1.807, 2.05) is 36.4 Å². The Morgan fingerprint density at radius 1 is 0.600 bits per heavy atom. The van der Waals surface area contributed by atoms with Crippen molar-refractivity contribution in [2.75, 3.05) is 13.2 Å². The van der Waals surface area contributed by atoms with Gasteiger partial charge in [-0.1, -0.05) is 26.7 Å². The molecule has 0 radical (unpaired) electrons. The molecule has 0 amide bonds. The number of halogens is 1. The van der Waals surface area contributed by atoms with Gasteiger partial charge in [-0.05, 0) is 85.6 Å². The molecule has 2 nitrogen and oxygen atoms in total. The molecule has 0 atom stereocenters. The maximum atomic E-state index is 13.5. The molecule has 3 aromatic rings. The third kappa shape index (κ3) is 6.27. The van der Waals surface area contributed by atoms with Crippen LogP contribution in [0.2, 0.25) is 0 Å². The average molecular weight is 426 g/mol. The third-order valence-electron chi connectivity index (χ3n) is 4.70. The molecule has 0 heterocycles. The molecule has 0 aliphatic heterocycles. The van der Waals surface area contributed by atoms with E-state index < -0.39 is 0 Å². The molecule has 3 rings (SSSR count). The van der Waals surface area contributed by atoms with E-state index in [0.29, 0.717) is 0 Å². The van der Waals surface area contributed by atoms with Crippen LogP contribution in [-0.4, -0.2) is 13.2 Å². The van der Waals surface area contributed by atoms with Crippen LogP contribution in [0.4, 0.5) is 4.39 Å². The largest absolute Gasteiger partial charge is 0.494 e. The van der Waals surface area contributed by atoms with Crippen LogP contribution in [0.5, 0.6) is 11.5 Å². The summed E-state index contributed by atoms with van der Waals surface area (Å²) in [6.07, 6.45) is 4.33. The maximum absolute atomic E-state index is 13.5. The number of hydrogen-bond acceptors (Lipinski definition) is 2. The SMILES string of the molecule is CCCCOc1ccc([S+](c2ccc(F)cc2)c2ccc(OCCCC)cc2)cc1. The van der Waals surface area contributed by atoms with E-state index in [-0.39, 0.29) is 16.7 Å². The Balaban J connectivity index is 1.85. The van der Waals surface area contributed by atoms with Gasteiger partial charge in [0, 0.05) is 0 Å². The van der Waals surface area contributed by atoms with Gasteiger partial charge in [-0.25, -0.2) is 4.39 Å². The molecule has 158 valence electrons. The number of hydrogen-bond donors (Lipinski definition) is 0. The molecule has 0 bridgehead atoms. The third-order valence-corrected chi connectivity index (χ3v) is 6.93. The van der Waals surface area contributed by atoms with Gasteiger partial charge in [0.1, 0.15) is 17.3 Å². The molecule has 30 heavy (non-hydrogen) atoms. The Bertz CT molecular complexity index is 823. The quantitative estimate of drug-likeness (QED) is 0.237. The smallest absolute Gasteiger partial charge is 0.166 e. The summed E-state index contributed by atoms with van der Waals surface area (Å²) in [5.41, 5.74) is 0. The first-order chi connectivity index (χ1) is 14.7. The van der Waals surface area contributed by atoms with Crippen molar-refractivity contribution in [2.45, 2.75) is 54.2 Å². The molecule has 0 unspecified atom stereocenters. The van der Waals surface area contributed by atoms with Gasteiger partial charge >= 0.3 is 0 Å². The lowest BCUT2D eigenvalue weighted by molar-refractivity contribution is 0.309. The van der Waals surface area contributed by atoms with E-state index in [9.17, 15) is 4.39 Å². The van der Waals surface area contributed by atoms with Gasteiger partial charge in [0.15, 0.2) is 14.7 Å². The summed E-state index contributed by atoms with van der Waals surface area (Å²) >= 11 is 0. The summed E-state index contributed by atoms with van der Waals surface area (Å²) in [6, 6.07) is 23.3. The summed E-state index contributed by atoms with van der Waals surface area (Å²) in [7, 11) is -0.332. The Morgan fingerprint density at radius 3 is 1.33 bits per heavy atom. The molecule has 0 fully saturated rings. The fraction of sp³-hybridized carbons (Fsp3) is 0.308. The number of rotatable bonds is 11. The van der Waals surface area contributed by atoms with Crippen molar-refractivity contribution in [1.82, 2.24) is 0 Å². The first-order valence-corrected chi connectivity index (χ1v) is 11.9. The lowest BCUT2D eigenvalue weighted by Crippen LogP contribution is -2.05. The fourth-order valence-electron chi connectivity index (χ4n) is 2.99. The average Bonchev–Trinajstić information content (AvgIpc) is 2.78. The predicted octanol–water partition coefficient (Wildman–Crippen LogP) is 7.28. The zero-order valence-electron chi connectivity index (χ0n) is 17.8. The topological polar surface area (TPSA) is 18.5 Å². The summed E-state index contributed by atoms with van der Waals surface area (Å²) in [6.45, 7) is 5.78. The Morgan fingerprint density at radius 2 is 0.967 bits per heavy atom. The summed E-state index contributed by atoms with van der Waals surface area (Å²) in [5.74, 6) is 1.55. The van der Waals surface area contributed by atoms with Crippen molar-refractivity contribution in [2.24, 2.45) is 0 Å². The molecule has 0 aliphatic rings. The Kier molecular flexibility index (Phi) is 8.64. The van der Waals surface area contributed by atoms with E-state index in [2.05, 4.69) is 38.1 Å². The highest BCUT2D eigenvalue weighted by atomic mass is 32.2. The normalized spacial score (nSPS) is 10.9. The van der Waals surface area contributed by atoms with Crippen LogP contribution in [0.3, 0.4) is 0 Å². The summed E-state index contributed by atoms with van der Waals surface area (Å²) in [5, 5.41) is 0. The molecule has 0 spiro atoms. The van der Waals surface area contributed by atoms with E-state index in [0.717, 1.165) is 55.3 Å². The molecule has 0 saturated heterocycles. The van der Waals surface area contributed by atoms with Gasteiger partial charge in [0.25, 0.3) is 0 Å². The highest BCUT2D eigenvalue weighted by Crippen LogP contribution is 2.33. The summed E-state index contributed by atoms with van der Waals surface area (Å²) < 4.78 is 25.1. The highest BCUT2D eigenvalue weighted by molar-refractivity contribution is 7.97. The van der Waals surface area contributed by atoms with Crippen molar-refractivity contribution >= 4 is 10.9 Å². The monoisotopic (exact) mass is 425 g/mol. The van der Waals surface area contributed by atoms with Gasteiger partial charge < -0.3 is 9.47 Å². The van der Waals surface area contributed by atoms with E-state index in [1.165, 1.54) is 21.9 Å². The zero-order valence-corrected chi connectivity index (χ0v) is 18.6. The van der Waals surface area contributed by atoms with Gasteiger partial charge in [-0.3, -0.25) is 0 Å². The first kappa shape index (κ1) is 22.2. The second-order valence-corrected chi connectivity index (χ2v) is 9.13. The Hall–Kier alpha value is -2.46. The van der Waals surface area contributed by atoms with E-state index >= 15 is 0 Å². The molecular formula is C26H30FO2S+. The molecule has 3 aromatic carbocycles. The molecule has 4 heteroatoms. The second-order valence-electron chi connectivity index (χ2n) is 7.11. The second kappa shape index (κ2) is 11.7. The van der Waals surface area contributed by atoms with E-state index in [1.54, 1.807) is 0 Å². The van der Waals surface area contributed by atoms with E-state index in [4.69, 9.17) is 9.47 Å².